The molecule has 4 heteroatoms. The molecule has 14 heavy (non-hydrogen) atoms. The predicted molar refractivity (Wildman–Crippen MR) is 55.6 cm³/mol. The second kappa shape index (κ2) is 3.61. The van der Waals surface area contributed by atoms with E-state index in [-0.39, 0.29) is 5.56 Å². The van der Waals surface area contributed by atoms with Crippen LogP contribution in [-0.2, 0) is 7.05 Å². The molecule has 0 unspecified atom stereocenters. The summed E-state index contributed by atoms with van der Waals surface area (Å²) in [5.74, 6) is 0.533. The lowest BCUT2D eigenvalue weighted by atomic mass is 9.93. The summed E-state index contributed by atoms with van der Waals surface area (Å²) in [5, 5.41) is 6.49. The zero-order valence-corrected chi connectivity index (χ0v) is 8.76. The molecule has 2 heterocycles. The van der Waals surface area contributed by atoms with E-state index in [1.165, 1.54) is 0 Å². The fourth-order valence-corrected chi connectivity index (χ4v) is 2.19. The van der Waals surface area contributed by atoms with Crippen LogP contribution in [0.3, 0.4) is 0 Å². The molecular weight excluding hydrogens is 178 g/mol. The van der Waals surface area contributed by atoms with E-state index >= 15 is 0 Å². The first-order valence-electron chi connectivity index (χ1n) is 5.16. The van der Waals surface area contributed by atoms with Crippen molar-refractivity contribution in [3.05, 3.63) is 21.6 Å². The van der Waals surface area contributed by atoms with Gasteiger partial charge in [-0.2, -0.15) is 0 Å². The highest BCUT2D eigenvalue weighted by Crippen LogP contribution is 2.24. The first-order chi connectivity index (χ1) is 6.70. The molecule has 0 radical (unpaired) electrons. The van der Waals surface area contributed by atoms with Gasteiger partial charge in [-0.05, 0) is 32.9 Å². The zero-order valence-electron chi connectivity index (χ0n) is 8.76. The molecule has 0 atom stereocenters. The SMILES string of the molecule is Cc1c(C2CCNCC2)[nH]n(C)c1=O. The third kappa shape index (κ3) is 1.50. The van der Waals surface area contributed by atoms with E-state index in [9.17, 15) is 4.79 Å². The Bertz CT molecular complexity index is 371. The van der Waals surface area contributed by atoms with Gasteiger partial charge in [-0.3, -0.25) is 14.6 Å². The molecule has 1 aliphatic heterocycles. The molecule has 1 aromatic heterocycles. The van der Waals surface area contributed by atoms with Crippen molar-refractivity contribution in [1.29, 1.82) is 0 Å². The lowest BCUT2D eigenvalue weighted by Crippen LogP contribution is -2.27. The Morgan fingerprint density at radius 3 is 2.50 bits per heavy atom. The number of aromatic amines is 1. The molecular formula is C10H17N3O. The summed E-state index contributed by atoms with van der Waals surface area (Å²) < 4.78 is 1.58. The number of hydrogen-bond donors (Lipinski definition) is 2. The van der Waals surface area contributed by atoms with Crippen LogP contribution in [-0.4, -0.2) is 22.9 Å². The van der Waals surface area contributed by atoms with Crippen molar-refractivity contribution < 1.29 is 0 Å². The van der Waals surface area contributed by atoms with Crippen LogP contribution in [0.5, 0.6) is 0 Å². The standard InChI is InChI=1S/C10H17N3O/c1-7-9(12-13(2)10(7)14)8-3-5-11-6-4-8/h8,11-12H,3-6H2,1-2H3. The molecule has 0 bridgehead atoms. The number of nitrogens with one attached hydrogen (secondary N) is 2. The van der Waals surface area contributed by atoms with Crippen LogP contribution in [0.1, 0.15) is 30.0 Å². The smallest absolute Gasteiger partial charge is 0.269 e. The van der Waals surface area contributed by atoms with Gasteiger partial charge in [0.15, 0.2) is 0 Å². The van der Waals surface area contributed by atoms with Crippen molar-refractivity contribution in [2.24, 2.45) is 7.05 Å². The quantitative estimate of drug-likeness (QED) is 0.685. The molecule has 1 fully saturated rings. The summed E-state index contributed by atoms with van der Waals surface area (Å²) in [6.45, 7) is 4.03. The monoisotopic (exact) mass is 195 g/mol. The highest BCUT2D eigenvalue weighted by molar-refractivity contribution is 5.20. The highest BCUT2D eigenvalue weighted by atomic mass is 16.1. The average Bonchev–Trinajstić information content (AvgIpc) is 2.47. The minimum Gasteiger partial charge on any atom is -0.317 e. The third-order valence-corrected chi connectivity index (χ3v) is 3.06. The van der Waals surface area contributed by atoms with Gasteiger partial charge in [-0.1, -0.05) is 0 Å². The maximum atomic E-state index is 11.5. The number of piperidine rings is 1. The Morgan fingerprint density at radius 2 is 2.00 bits per heavy atom. The van der Waals surface area contributed by atoms with Crippen molar-refractivity contribution in [1.82, 2.24) is 15.1 Å². The molecule has 2 rings (SSSR count). The first-order valence-corrected chi connectivity index (χ1v) is 5.16. The second-order valence-electron chi connectivity index (χ2n) is 4.04. The van der Waals surface area contributed by atoms with Crippen LogP contribution < -0.4 is 10.9 Å². The number of H-pyrrole nitrogens is 1. The van der Waals surface area contributed by atoms with Crippen LogP contribution >= 0.6 is 0 Å². The number of aromatic nitrogens is 2. The van der Waals surface area contributed by atoms with Gasteiger partial charge in [-0.15, -0.1) is 0 Å². The molecule has 1 saturated heterocycles. The Labute approximate surface area is 83.3 Å². The van der Waals surface area contributed by atoms with Gasteiger partial charge < -0.3 is 5.32 Å². The van der Waals surface area contributed by atoms with Gasteiger partial charge in [0.25, 0.3) is 5.56 Å². The molecule has 0 spiro atoms. The molecule has 1 aliphatic rings. The van der Waals surface area contributed by atoms with Gasteiger partial charge >= 0.3 is 0 Å². The van der Waals surface area contributed by atoms with Crippen LogP contribution in [0.15, 0.2) is 4.79 Å². The van der Waals surface area contributed by atoms with Gasteiger partial charge in [0, 0.05) is 24.2 Å². The molecule has 78 valence electrons. The van der Waals surface area contributed by atoms with Gasteiger partial charge in [0.05, 0.1) is 0 Å². The Kier molecular flexibility index (Phi) is 2.46. The number of nitrogens with zero attached hydrogens (tertiary/aromatic N) is 1. The number of aryl methyl sites for hydroxylation is 1. The molecule has 4 nitrogen and oxygen atoms in total. The molecule has 2 N–H and O–H groups in total. The van der Waals surface area contributed by atoms with E-state index < -0.39 is 0 Å². The van der Waals surface area contributed by atoms with E-state index in [0.717, 1.165) is 37.2 Å². The van der Waals surface area contributed by atoms with E-state index in [1.807, 2.05) is 6.92 Å². The minimum absolute atomic E-state index is 0.110. The van der Waals surface area contributed by atoms with E-state index in [1.54, 1.807) is 11.7 Å². The summed E-state index contributed by atoms with van der Waals surface area (Å²) >= 11 is 0. The molecule has 0 amide bonds. The molecule has 0 saturated carbocycles. The predicted octanol–water partition coefficient (Wildman–Crippen LogP) is 0.489. The Hall–Kier alpha value is -1.03. The van der Waals surface area contributed by atoms with Crippen molar-refractivity contribution in [3.8, 4) is 0 Å². The fraction of sp³-hybridized carbons (Fsp3) is 0.700. The molecule has 1 aromatic rings. The summed E-state index contributed by atoms with van der Waals surface area (Å²) in [6, 6.07) is 0. The maximum Gasteiger partial charge on any atom is 0.269 e. The van der Waals surface area contributed by atoms with E-state index in [4.69, 9.17) is 0 Å². The van der Waals surface area contributed by atoms with Crippen molar-refractivity contribution in [2.75, 3.05) is 13.1 Å². The fourth-order valence-electron chi connectivity index (χ4n) is 2.19. The van der Waals surface area contributed by atoms with Crippen molar-refractivity contribution in [3.63, 3.8) is 0 Å². The van der Waals surface area contributed by atoms with E-state index in [0.29, 0.717) is 5.92 Å². The van der Waals surface area contributed by atoms with E-state index in [2.05, 4.69) is 10.4 Å². The van der Waals surface area contributed by atoms with Crippen LogP contribution in [0.4, 0.5) is 0 Å². The Balaban J connectivity index is 2.31. The summed E-state index contributed by atoms with van der Waals surface area (Å²) in [6.07, 6.45) is 2.25. The van der Waals surface area contributed by atoms with Crippen LogP contribution in [0.2, 0.25) is 0 Å². The lowest BCUT2D eigenvalue weighted by Gasteiger charge is -2.21. The summed E-state index contributed by atoms with van der Waals surface area (Å²) in [7, 11) is 1.78. The largest absolute Gasteiger partial charge is 0.317 e. The molecule has 0 aliphatic carbocycles. The van der Waals surface area contributed by atoms with Gasteiger partial charge in [-0.25, -0.2) is 0 Å². The van der Waals surface area contributed by atoms with Crippen LogP contribution in [0.25, 0.3) is 0 Å². The number of rotatable bonds is 1. The zero-order chi connectivity index (χ0) is 10.1. The highest BCUT2D eigenvalue weighted by Gasteiger charge is 2.20. The van der Waals surface area contributed by atoms with Crippen molar-refractivity contribution >= 4 is 0 Å². The lowest BCUT2D eigenvalue weighted by molar-refractivity contribution is 0.449. The Morgan fingerprint density at radius 1 is 1.36 bits per heavy atom. The maximum absolute atomic E-state index is 11.5. The van der Waals surface area contributed by atoms with Gasteiger partial charge in [0.1, 0.15) is 0 Å². The summed E-state index contributed by atoms with van der Waals surface area (Å²) in [5.41, 5.74) is 2.14. The average molecular weight is 195 g/mol. The first kappa shape index (κ1) is 9.52. The van der Waals surface area contributed by atoms with Crippen molar-refractivity contribution in [2.45, 2.75) is 25.7 Å². The van der Waals surface area contributed by atoms with Gasteiger partial charge in [0.2, 0.25) is 0 Å². The minimum atomic E-state index is 0.110. The normalized spacial score (nSPS) is 18.7. The third-order valence-electron chi connectivity index (χ3n) is 3.06. The summed E-state index contributed by atoms with van der Waals surface area (Å²) in [4.78, 5) is 11.5. The van der Waals surface area contributed by atoms with Crippen LogP contribution in [0, 0.1) is 6.92 Å². The molecule has 0 aromatic carbocycles. The topological polar surface area (TPSA) is 49.8 Å². The second-order valence-corrected chi connectivity index (χ2v) is 4.04. The number of hydrogen-bond acceptors (Lipinski definition) is 2.